The number of carboxylic acids is 1. The minimum atomic E-state index is -0.916. The van der Waals surface area contributed by atoms with Crippen molar-refractivity contribution >= 4 is 22.7 Å². The highest BCUT2D eigenvalue weighted by Crippen LogP contribution is 2.33. The summed E-state index contributed by atoms with van der Waals surface area (Å²) in [7, 11) is 1.56. The number of anilines is 1. The fourth-order valence-corrected chi connectivity index (χ4v) is 2.94. The summed E-state index contributed by atoms with van der Waals surface area (Å²) in [5.41, 5.74) is 1.56. The highest BCUT2D eigenvalue weighted by atomic mass is 16.5. The number of carboxylic acid groups (broad SMARTS) is 1. The van der Waals surface area contributed by atoms with Gasteiger partial charge in [-0.3, -0.25) is 4.79 Å². The predicted octanol–water partition coefficient (Wildman–Crippen LogP) is 4.06. The summed E-state index contributed by atoms with van der Waals surface area (Å²) < 4.78 is 11.1. The lowest BCUT2D eigenvalue weighted by atomic mass is 10.0. The molecule has 0 aliphatic rings. The number of hydrogen-bond donors (Lipinski definition) is 2. The Morgan fingerprint density at radius 1 is 1.18 bits per heavy atom. The van der Waals surface area contributed by atoms with Gasteiger partial charge in [0.1, 0.15) is 12.1 Å². The molecule has 0 saturated heterocycles. The molecule has 1 aromatic heterocycles. The van der Waals surface area contributed by atoms with Crippen molar-refractivity contribution in [3.05, 3.63) is 54.4 Å². The molecule has 28 heavy (non-hydrogen) atoms. The fraction of sp³-hybridized carbons (Fsp3) is 0.286. The van der Waals surface area contributed by atoms with E-state index in [0.29, 0.717) is 23.9 Å². The smallest absolute Gasteiger partial charge is 0.305 e. The third kappa shape index (κ3) is 4.49. The number of nitrogens with one attached hydrogen (secondary N) is 1. The topological polar surface area (TPSA) is 93.6 Å². The average molecular weight is 381 g/mol. The van der Waals surface area contributed by atoms with E-state index in [1.54, 1.807) is 19.2 Å². The molecule has 7 heteroatoms. The molecule has 0 aliphatic heterocycles. The number of carbonyl (C=O) groups is 1. The Kier molecular flexibility index (Phi) is 6.26. The fourth-order valence-electron chi connectivity index (χ4n) is 2.94. The summed E-state index contributed by atoms with van der Waals surface area (Å²) in [6.45, 7) is 2.61. The van der Waals surface area contributed by atoms with Crippen LogP contribution in [0.15, 0.2) is 48.8 Å². The minimum absolute atomic E-state index is 0.114. The maximum atomic E-state index is 11.5. The van der Waals surface area contributed by atoms with Gasteiger partial charge >= 0.3 is 5.97 Å². The first-order valence-electron chi connectivity index (χ1n) is 9.11. The van der Waals surface area contributed by atoms with E-state index in [2.05, 4.69) is 15.3 Å². The van der Waals surface area contributed by atoms with Gasteiger partial charge in [-0.05, 0) is 36.2 Å². The van der Waals surface area contributed by atoms with Crippen molar-refractivity contribution in [1.29, 1.82) is 0 Å². The number of aromatic nitrogens is 2. The monoisotopic (exact) mass is 381 g/mol. The first-order chi connectivity index (χ1) is 13.6. The molecule has 7 nitrogen and oxygen atoms in total. The van der Waals surface area contributed by atoms with Crippen LogP contribution in [0, 0.1) is 0 Å². The van der Waals surface area contributed by atoms with Crippen LogP contribution in [-0.4, -0.2) is 34.8 Å². The summed E-state index contributed by atoms with van der Waals surface area (Å²) in [5, 5.41) is 13.5. The van der Waals surface area contributed by atoms with Crippen LogP contribution in [0.25, 0.3) is 10.9 Å². The van der Waals surface area contributed by atoms with E-state index in [-0.39, 0.29) is 6.42 Å². The SMILES string of the molecule is CCCOc1ccc(C(CC(=O)O)Nc2ncnc3ccccc23)cc1OC. The van der Waals surface area contributed by atoms with Crippen molar-refractivity contribution in [2.75, 3.05) is 19.0 Å². The second kappa shape index (κ2) is 9.03. The lowest BCUT2D eigenvalue weighted by Gasteiger charge is -2.20. The quantitative estimate of drug-likeness (QED) is 0.577. The van der Waals surface area contributed by atoms with Gasteiger partial charge in [0.25, 0.3) is 0 Å². The molecule has 146 valence electrons. The lowest BCUT2D eigenvalue weighted by molar-refractivity contribution is -0.137. The van der Waals surface area contributed by atoms with E-state index >= 15 is 0 Å². The Labute approximate surface area is 163 Å². The van der Waals surface area contributed by atoms with Crippen molar-refractivity contribution in [1.82, 2.24) is 9.97 Å². The molecule has 1 unspecified atom stereocenters. The van der Waals surface area contributed by atoms with E-state index in [9.17, 15) is 9.90 Å². The lowest BCUT2D eigenvalue weighted by Crippen LogP contribution is -2.16. The first-order valence-corrected chi connectivity index (χ1v) is 9.11. The number of nitrogens with zero attached hydrogens (tertiary/aromatic N) is 2. The van der Waals surface area contributed by atoms with Crippen LogP contribution in [0.3, 0.4) is 0 Å². The van der Waals surface area contributed by atoms with Crippen LogP contribution in [0.1, 0.15) is 31.4 Å². The average Bonchev–Trinajstić information content (AvgIpc) is 2.71. The summed E-state index contributed by atoms with van der Waals surface area (Å²) in [5.74, 6) is 0.869. The molecule has 3 aromatic rings. The molecule has 0 saturated carbocycles. The highest BCUT2D eigenvalue weighted by molar-refractivity contribution is 5.89. The van der Waals surface area contributed by atoms with Crippen LogP contribution in [0.4, 0.5) is 5.82 Å². The van der Waals surface area contributed by atoms with Gasteiger partial charge in [0.15, 0.2) is 11.5 Å². The summed E-state index contributed by atoms with van der Waals surface area (Å²) in [6.07, 6.45) is 2.23. The zero-order valence-corrected chi connectivity index (χ0v) is 15.9. The van der Waals surface area contributed by atoms with Crippen LogP contribution < -0.4 is 14.8 Å². The second-order valence-corrected chi connectivity index (χ2v) is 6.29. The molecule has 0 fully saturated rings. The molecule has 0 radical (unpaired) electrons. The molecule has 2 N–H and O–H groups in total. The maximum Gasteiger partial charge on any atom is 0.305 e. The Bertz CT molecular complexity index is 956. The first kappa shape index (κ1) is 19.4. The van der Waals surface area contributed by atoms with Gasteiger partial charge in [-0.15, -0.1) is 0 Å². The number of hydrogen-bond acceptors (Lipinski definition) is 6. The van der Waals surface area contributed by atoms with Crippen LogP contribution in [0.5, 0.6) is 11.5 Å². The van der Waals surface area contributed by atoms with Crippen molar-refractivity contribution in [2.45, 2.75) is 25.8 Å². The number of para-hydroxylation sites is 1. The molecule has 1 atom stereocenters. The zero-order chi connectivity index (χ0) is 19.9. The van der Waals surface area contributed by atoms with Gasteiger partial charge in [-0.1, -0.05) is 25.1 Å². The van der Waals surface area contributed by atoms with Gasteiger partial charge in [0.05, 0.1) is 31.7 Å². The van der Waals surface area contributed by atoms with Crippen molar-refractivity contribution in [2.24, 2.45) is 0 Å². The van der Waals surface area contributed by atoms with E-state index in [0.717, 1.165) is 22.9 Å². The van der Waals surface area contributed by atoms with Crippen molar-refractivity contribution < 1.29 is 19.4 Å². The van der Waals surface area contributed by atoms with E-state index in [4.69, 9.17) is 9.47 Å². The van der Waals surface area contributed by atoms with Gasteiger partial charge in [-0.2, -0.15) is 0 Å². The minimum Gasteiger partial charge on any atom is -0.493 e. The third-order valence-electron chi connectivity index (χ3n) is 4.28. The Balaban J connectivity index is 1.95. The molecular weight excluding hydrogens is 358 g/mol. The van der Waals surface area contributed by atoms with Gasteiger partial charge in [0, 0.05) is 5.39 Å². The van der Waals surface area contributed by atoms with Crippen LogP contribution >= 0.6 is 0 Å². The van der Waals surface area contributed by atoms with Gasteiger partial charge in [-0.25, -0.2) is 9.97 Å². The number of fused-ring (bicyclic) bond motifs is 1. The van der Waals surface area contributed by atoms with Crippen LogP contribution in [0.2, 0.25) is 0 Å². The molecule has 0 amide bonds. The summed E-state index contributed by atoms with van der Waals surface area (Å²) in [6, 6.07) is 12.5. The maximum absolute atomic E-state index is 11.5. The van der Waals surface area contributed by atoms with E-state index in [1.165, 1.54) is 6.33 Å². The van der Waals surface area contributed by atoms with Crippen molar-refractivity contribution in [3.8, 4) is 11.5 Å². The Morgan fingerprint density at radius 2 is 2.00 bits per heavy atom. The largest absolute Gasteiger partial charge is 0.493 e. The molecule has 0 spiro atoms. The molecule has 1 heterocycles. The van der Waals surface area contributed by atoms with Crippen LogP contribution in [-0.2, 0) is 4.79 Å². The van der Waals surface area contributed by atoms with Gasteiger partial charge in [0.2, 0.25) is 0 Å². The number of methoxy groups -OCH3 is 1. The molecule has 0 bridgehead atoms. The number of aliphatic carboxylic acids is 1. The molecule has 2 aromatic carbocycles. The van der Waals surface area contributed by atoms with E-state index < -0.39 is 12.0 Å². The summed E-state index contributed by atoms with van der Waals surface area (Å²) in [4.78, 5) is 20.0. The number of ether oxygens (including phenoxy) is 2. The Hall–Kier alpha value is -3.35. The Morgan fingerprint density at radius 3 is 2.75 bits per heavy atom. The standard InChI is InChI=1S/C21H23N3O4/c1-3-10-28-18-9-8-14(11-19(18)27-2)17(12-20(25)26)24-21-15-6-4-5-7-16(15)22-13-23-21/h4-9,11,13,17H,3,10,12H2,1-2H3,(H,25,26)(H,22,23,24). The highest BCUT2D eigenvalue weighted by Gasteiger charge is 2.19. The summed E-state index contributed by atoms with van der Waals surface area (Å²) >= 11 is 0. The normalized spacial score (nSPS) is 11.8. The molecule has 0 aliphatic carbocycles. The van der Waals surface area contributed by atoms with Crippen molar-refractivity contribution in [3.63, 3.8) is 0 Å². The van der Waals surface area contributed by atoms with Gasteiger partial charge < -0.3 is 19.9 Å². The third-order valence-corrected chi connectivity index (χ3v) is 4.28. The molecule has 3 rings (SSSR count). The van der Waals surface area contributed by atoms with E-state index in [1.807, 2.05) is 37.3 Å². The second-order valence-electron chi connectivity index (χ2n) is 6.29. The zero-order valence-electron chi connectivity index (χ0n) is 15.9. The number of benzene rings is 2. The number of rotatable bonds is 9. The molecular formula is C21H23N3O4. The predicted molar refractivity (Wildman–Crippen MR) is 107 cm³/mol.